The predicted octanol–water partition coefficient (Wildman–Crippen LogP) is 3.09. The van der Waals surface area contributed by atoms with Gasteiger partial charge in [-0.1, -0.05) is 38.8 Å². The molecule has 0 N–H and O–H groups in total. The molecule has 0 saturated carbocycles. The Hall–Kier alpha value is -0.340. The number of rotatable bonds is 8. The summed E-state index contributed by atoms with van der Waals surface area (Å²) in [5.41, 5.74) is 0. The summed E-state index contributed by atoms with van der Waals surface area (Å²) in [6, 6.07) is 0.413. The van der Waals surface area contributed by atoms with Crippen molar-refractivity contribution in [3.8, 4) is 0 Å². The molecule has 0 aliphatic carbocycles. The van der Waals surface area contributed by atoms with Crippen molar-refractivity contribution in [1.82, 2.24) is 4.90 Å². The first-order valence-corrected chi connectivity index (χ1v) is 6.07. The second kappa shape index (κ2) is 8.93. The molecule has 0 aromatic rings. The van der Waals surface area contributed by atoms with Crippen LogP contribution in [0, 0.1) is 0 Å². The molecule has 0 saturated heterocycles. The number of unbranched alkanes of at least 4 members (excludes halogenated alkanes) is 1. The van der Waals surface area contributed by atoms with Crippen LogP contribution in [0.3, 0.4) is 0 Å². The van der Waals surface area contributed by atoms with E-state index in [1.165, 1.54) is 12.8 Å². The Morgan fingerprint density at radius 2 is 2.00 bits per heavy atom. The van der Waals surface area contributed by atoms with E-state index in [0.29, 0.717) is 12.1 Å². The second-order valence-corrected chi connectivity index (χ2v) is 4.01. The van der Waals surface area contributed by atoms with E-state index in [1.54, 1.807) is 0 Å². The molecule has 0 fully saturated rings. The molecule has 2 heteroatoms. The van der Waals surface area contributed by atoms with Crippen LogP contribution in [-0.2, 0) is 4.74 Å². The lowest BCUT2D eigenvalue weighted by Crippen LogP contribution is -2.40. The average molecular weight is 213 g/mol. The van der Waals surface area contributed by atoms with Gasteiger partial charge in [0.2, 0.25) is 0 Å². The van der Waals surface area contributed by atoms with Crippen LogP contribution in [0.2, 0.25) is 0 Å². The Balaban J connectivity index is 4.39. The number of hydrogen-bond donors (Lipinski definition) is 0. The fourth-order valence-corrected chi connectivity index (χ4v) is 1.80. The standard InChI is InChI=1S/C13H27NO/c1-6-9-11-13(15-5)12(10-7-2)14(4)8-3/h7,10,12-13H,6,8-9,11H2,1-5H3/b10-7-/t12?,13-/m1/s1. The monoisotopic (exact) mass is 213 g/mol. The number of methoxy groups -OCH3 is 1. The van der Waals surface area contributed by atoms with Gasteiger partial charge in [-0.25, -0.2) is 0 Å². The predicted molar refractivity (Wildman–Crippen MR) is 67.2 cm³/mol. The summed E-state index contributed by atoms with van der Waals surface area (Å²) >= 11 is 0. The third kappa shape index (κ3) is 5.33. The maximum Gasteiger partial charge on any atom is 0.0762 e. The number of allylic oxidation sites excluding steroid dienone is 1. The highest BCUT2D eigenvalue weighted by Crippen LogP contribution is 2.14. The van der Waals surface area contributed by atoms with E-state index in [-0.39, 0.29) is 0 Å². The van der Waals surface area contributed by atoms with Crippen LogP contribution in [0.25, 0.3) is 0 Å². The smallest absolute Gasteiger partial charge is 0.0762 e. The number of hydrogen-bond acceptors (Lipinski definition) is 2. The fraction of sp³-hybridized carbons (Fsp3) is 0.846. The van der Waals surface area contributed by atoms with Gasteiger partial charge < -0.3 is 4.74 Å². The summed E-state index contributed by atoms with van der Waals surface area (Å²) in [7, 11) is 3.98. The van der Waals surface area contributed by atoms with Crippen molar-refractivity contribution in [3.63, 3.8) is 0 Å². The molecular weight excluding hydrogens is 186 g/mol. The summed E-state index contributed by atoms with van der Waals surface area (Å²) in [5, 5.41) is 0. The van der Waals surface area contributed by atoms with E-state index in [9.17, 15) is 0 Å². The molecule has 0 aliphatic heterocycles. The summed E-state index contributed by atoms with van der Waals surface area (Å²) < 4.78 is 5.60. The van der Waals surface area contributed by atoms with Gasteiger partial charge in [0.05, 0.1) is 12.1 Å². The van der Waals surface area contributed by atoms with Crippen molar-refractivity contribution in [2.45, 2.75) is 52.2 Å². The zero-order chi connectivity index (χ0) is 11.7. The first-order chi connectivity index (χ1) is 7.21. The van der Waals surface area contributed by atoms with Crippen molar-refractivity contribution < 1.29 is 4.74 Å². The van der Waals surface area contributed by atoms with E-state index in [0.717, 1.165) is 13.0 Å². The lowest BCUT2D eigenvalue weighted by molar-refractivity contribution is 0.0370. The van der Waals surface area contributed by atoms with E-state index in [2.05, 4.69) is 44.9 Å². The van der Waals surface area contributed by atoms with Crippen molar-refractivity contribution in [2.75, 3.05) is 20.7 Å². The number of likely N-dealkylation sites (N-methyl/N-ethyl adjacent to an activating group) is 1. The molecule has 0 bridgehead atoms. The van der Waals surface area contributed by atoms with Gasteiger partial charge in [-0.2, -0.15) is 0 Å². The zero-order valence-corrected chi connectivity index (χ0v) is 11.0. The minimum Gasteiger partial charge on any atom is -0.379 e. The molecule has 0 radical (unpaired) electrons. The summed E-state index contributed by atoms with van der Waals surface area (Å²) in [6.07, 6.45) is 8.31. The zero-order valence-electron chi connectivity index (χ0n) is 11.0. The second-order valence-electron chi connectivity index (χ2n) is 4.01. The van der Waals surface area contributed by atoms with Crippen LogP contribution < -0.4 is 0 Å². The molecular formula is C13H27NO. The first-order valence-electron chi connectivity index (χ1n) is 6.07. The maximum absolute atomic E-state index is 5.60. The first kappa shape index (κ1) is 14.7. The van der Waals surface area contributed by atoms with Crippen LogP contribution in [-0.4, -0.2) is 37.7 Å². The van der Waals surface area contributed by atoms with Crippen molar-refractivity contribution in [3.05, 3.63) is 12.2 Å². The summed E-state index contributed by atoms with van der Waals surface area (Å²) in [5.74, 6) is 0. The van der Waals surface area contributed by atoms with Crippen LogP contribution in [0.4, 0.5) is 0 Å². The lowest BCUT2D eigenvalue weighted by Gasteiger charge is -2.31. The lowest BCUT2D eigenvalue weighted by atomic mass is 10.0. The van der Waals surface area contributed by atoms with E-state index >= 15 is 0 Å². The molecule has 0 heterocycles. The summed E-state index contributed by atoms with van der Waals surface area (Å²) in [6.45, 7) is 7.54. The van der Waals surface area contributed by atoms with Crippen molar-refractivity contribution >= 4 is 0 Å². The Labute approximate surface area is 95.3 Å². The normalized spacial score (nSPS) is 16.1. The van der Waals surface area contributed by atoms with E-state index < -0.39 is 0 Å². The molecule has 0 aromatic heterocycles. The number of nitrogens with zero attached hydrogens (tertiary/aromatic N) is 1. The van der Waals surface area contributed by atoms with Gasteiger partial charge in [-0.15, -0.1) is 0 Å². The minimum atomic E-state index is 0.325. The quantitative estimate of drug-likeness (QED) is 0.575. The van der Waals surface area contributed by atoms with Crippen LogP contribution in [0.1, 0.15) is 40.0 Å². The molecule has 1 unspecified atom stereocenters. The van der Waals surface area contributed by atoms with Gasteiger partial charge in [-0.3, -0.25) is 4.90 Å². The summed E-state index contributed by atoms with van der Waals surface area (Å²) in [4.78, 5) is 2.34. The highest BCUT2D eigenvalue weighted by Gasteiger charge is 2.20. The molecule has 0 rings (SSSR count). The Morgan fingerprint density at radius 1 is 1.33 bits per heavy atom. The molecule has 2 nitrogen and oxygen atoms in total. The molecule has 0 spiro atoms. The van der Waals surface area contributed by atoms with Gasteiger partial charge in [-0.05, 0) is 26.9 Å². The molecule has 2 atom stereocenters. The molecule has 15 heavy (non-hydrogen) atoms. The Morgan fingerprint density at radius 3 is 2.40 bits per heavy atom. The van der Waals surface area contributed by atoms with Crippen molar-refractivity contribution in [1.29, 1.82) is 0 Å². The topological polar surface area (TPSA) is 12.5 Å². The highest BCUT2D eigenvalue weighted by molar-refractivity contribution is 4.96. The van der Waals surface area contributed by atoms with Gasteiger partial charge in [0, 0.05) is 7.11 Å². The molecule has 0 aliphatic rings. The Bertz CT molecular complexity index is 168. The van der Waals surface area contributed by atoms with Crippen LogP contribution >= 0.6 is 0 Å². The molecule has 90 valence electrons. The highest BCUT2D eigenvalue weighted by atomic mass is 16.5. The van der Waals surface area contributed by atoms with Gasteiger partial charge in [0.1, 0.15) is 0 Å². The van der Waals surface area contributed by atoms with Gasteiger partial charge in [0.25, 0.3) is 0 Å². The fourth-order valence-electron chi connectivity index (χ4n) is 1.80. The number of ether oxygens (including phenoxy) is 1. The SMILES string of the molecule is C/C=C\C([C@@H](CCCC)OC)N(C)CC. The van der Waals surface area contributed by atoms with Gasteiger partial charge in [0.15, 0.2) is 0 Å². The molecule has 0 aromatic carbocycles. The third-order valence-corrected chi connectivity index (χ3v) is 2.92. The Kier molecular flexibility index (Phi) is 8.73. The molecule has 0 amide bonds. The van der Waals surface area contributed by atoms with Crippen LogP contribution in [0.15, 0.2) is 12.2 Å². The minimum absolute atomic E-state index is 0.325. The van der Waals surface area contributed by atoms with E-state index in [1.807, 2.05) is 7.11 Å². The third-order valence-electron chi connectivity index (χ3n) is 2.92. The van der Waals surface area contributed by atoms with Crippen LogP contribution in [0.5, 0.6) is 0 Å². The average Bonchev–Trinajstić information content (AvgIpc) is 2.27. The maximum atomic E-state index is 5.60. The van der Waals surface area contributed by atoms with Gasteiger partial charge >= 0.3 is 0 Å². The largest absolute Gasteiger partial charge is 0.379 e. The van der Waals surface area contributed by atoms with E-state index in [4.69, 9.17) is 4.74 Å². The van der Waals surface area contributed by atoms with Crippen molar-refractivity contribution in [2.24, 2.45) is 0 Å².